The van der Waals surface area contributed by atoms with Gasteiger partial charge in [0.15, 0.2) is 0 Å². The molecule has 1 aromatic carbocycles. The summed E-state index contributed by atoms with van der Waals surface area (Å²) in [5.41, 5.74) is -1.48. The fourth-order valence-electron chi connectivity index (χ4n) is 1.97. The highest BCUT2D eigenvalue weighted by atomic mass is 19.4. The van der Waals surface area contributed by atoms with Crippen LogP contribution in [-0.4, -0.2) is 17.1 Å². The van der Waals surface area contributed by atoms with Gasteiger partial charge in [-0.2, -0.15) is 13.2 Å². The highest BCUT2D eigenvalue weighted by Gasteiger charge is 2.46. The molecule has 0 bridgehead atoms. The van der Waals surface area contributed by atoms with Gasteiger partial charge in [-0.1, -0.05) is 13.8 Å². The maximum atomic E-state index is 12.8. The third-order valence-corrected chi connectivity index (χ3v) is 3.41. The molecule has 0 radical (unpaired) electrons. The van der Waals surface area contributed by atoms with E-state index in [1.165, 1.54) is 6.07 Å². The van der Waals surface area contributed by atoms with Crippen LogP contribution in [0.5, 0.6) is 0 Å². The molecule has 104 valence electrons. The first-order valence-electron chi connectivity index (χ1n) is 5.82. The normalized spacial score (nSPS) is 21.0. The van der Waals surface area contributed by atoms with Gasteiger partial charge in [0.25, 0.3) is 0 Å². The summed E-state index contributed by atoms with van der Waals surface area (Å²) in [5.74, 6) is -1.58. The van der Waals surface area contributed by atoms with Crippen molar-refractivity contribution in [3.63, 3.8) is 0 Å². The first kappa shape index (κ1) is 13.7. The molecular weight excluding hydrogens is 259 g/mol. The van der Waals surface area contributed by atoms with Gasteiger partial charge in [0.05, 0.1) is 11.1 Å². The Morgan fingerprint density at radius 3 is 2.42 bits per heavy atom. The van der Waals surface area contributed by atoms with E-state index in [2.05, 4.69) is 5.32 Å². The number of carboxylic acid groups (broad SMARTS) is 1. The Labute approximate surface area is 108 Å². The van der Waals surface area contributed by atoms with Crippen molar-refractivity contribution in [1.82, 2.24) is 0 Å². The van der Waals surface area contributed by atoms with Gasteiger partial charge in [-0.05, 0) is 30.0 Å². The predicted octanol–water partition coefficient (Wildman–Crippen LogP) is 3.61. The topological polar surface area (TPSA) is 49.3 Å². The first-order chi connectivity index (χ1) is 8.61. The van der Waals surface area contributed by atoms with Crippen molar-refractivity contribution in [2.45, 2.75) is 32.5 Å². The maximum absolute atomic E-state index is 12.8. The molecule has 0 spiro atoms. The van der Waals surface area contributed by atoms with E-state index in [9.17, 15) is 18.0 Å². The molecular formula is C13H14F3NO2. The smallest absolute Gasteiger partial charge is 0.417 e. The summed E-state index contributed by atoms with van der Waals surface area (Å²) in [7, 11) is 0. The second-order valence-electron chi connectivity index (χ2n) is 5.45. The molecule has 1 aliphatic carbocycles. The van der Waals surface area contributed by atoms with E-state index in [4.69, 9.17) is 5.11 Å². The highest BCUT2D eigenvalue weighted by Crippen LogP contribution is 2.47. The minimum Gasteiger partial charge on any atom is -0.478 e. The third-order valence-electron chi connectivity index (χ3n) is 3.41. The van der Waals surface area contributed by atoms with Crippen LogP contribution in [0.25, 0.3) is 0 Å². The average Bonchev–Trinajstić information content (AvgIpc) is 2.84. The Kier molecular flexibility index (Phi) is 2.99. The molecule has 2 N–H and O–H groups in total. The van der Waals surface area contributed by atoms with Gasteiger partial charge >= 0.3 is 12.1 Å². The minimum atomic E-state index is -4.68. The van der Waals surface area contributed by atoms with E-state index in [-0.39, 0.29) is 11.5 Å². The molecule has 0 heterocycles. The number of anilines is 1. The van der Waals surface area contributed by atoms with Crippen LogP contribution in [0.4, 0.5) is 18.9 Å². The third kappa shape index (κ3) is 2.83. The number of halogens is 3. The van der Waals surface area contributed by atoms with Gasteiger partial charge in [-0.25, -0.2) is 4.79 Å². The van der Waals surface area contributed by atoms with Crippen molar-refractivity contribution in [3.05, 3.63) is 29.3 Å². The molecule has 0 saturated heterocycles. The Bertz CT molecular complexity index is 523. The summed E-state index contributed by atoms with van der Waals surface area (Å²) < 4.78 is 38.4. The Morgan fingerprint density at radius 2 is 2.00 bits per heavy atom. The number of aromatic carboxylic acids is 1. The molecule has 1 saturated carbocycles. The Hall–Kier alpha value is -1.72. The second kappa shape index (κ2) is 4.15. The lowest BCUT2D eigenvalue weighted by atomic mass is 10.1. The molecule has 0 aliphatic heterocycles. The standard InChI is InChI=1S/C13H14F3NO2/c1-12(2)6-10(12)17-7-3-4-8(11(18)19)9(5-7)13(14,15)16/h3-5,10,17H,6H2,1-2H3,(H,18,19). The molecule has 1 fully saturated rings. The van der Waals surface area contributed by atoms with Crippen LogP contribution >= 0.6 is 0 Å². The van der Waals surface area contributed by atoms with Crippen LogP contribution in [0.2, 0.25) is 0 Å². The first-order valence-corrected chi connectivity index (χ1v) is 5.82. The number of rotatable bonds is 3. The number of hydrogen-bond acceptors (Lipinski definition) is 2. The number of carbonyl (C=O) groups is 1. The van der Waals surface area contributed by atoms with Gasteiger partial charge in [0.2, 0.25) is 0 Å². The number of hydrogen-bond donors (Lipinski definition) is 2. The Balaban J connectivity index is 2.31. The number of benzene rings is 1. The summed E-state index contributed by atoms with van der Waals surface area (Å²) >= 11 is 0. The van der Waals surface area contributed by atoms with Gasteiger partial charge < -0.3 is 10.4 Å². The van der Waals surface area contributed by atoms with Crippen LogP contribution in [0, 0.1) is 5.41 Å². The van der Waals surface area contributed by atoms with Crippen molar-refractivity contribution in [1.29, 1.82) is 0 Å². The van der Waals surface area contributed by atoms with Crippen LogP contribution in [-0.2, 0) is 6.18 Å². The minimum absolute atomic E-state index is 0.0733. The molecule has 19 heavy (non-hydrogen) atoms. The number of alkyl halides is 3. The van der Waals surface area contributed by atoms with Crippen molar-refractivity contribution >= 4 is 11.7 Å². The lowest BCUT2D eigenvalue weighted by Crippen LogP contribution is -2.15. The average molecular weight is 273 g/mol. The molecule has 0 aromatic heterocycles. The molecule has 6 heteroatoms. The summed E-state index contributed by atoms with van der Waals surface area (Å²) in [5, 5.41) is 11.8. The zero-order valence-electron chi connectivity index (χ0n) is 10.5. The van der Waals surface area contributed by atoms with Crippen LogP contribution in [0.1, 0.15) is 36.2 Å². The van der Waals surface area contributed by atoms with Gasteiger partial charge in [-0.15, -0.1) is 0 Å². The van der Waals surface area contributed by atoms with Crippen LogP contribution in [0.15, 0.2) is 18.2 Å². The molecule has 3 nitrogen and oxygen atoms in total. The van der Waals surface area contributed by atoms with Crippen molar-refractivity contribution < 1.29 is 23.1 Å². The number of nitrogens with one attached hydrogen (secondary N) is 1. The molecule has 1 aliphatic rings. The molecule has 1 aromatic rings. The van der Waals surface area contributed by atoms with E-state index >= 15 is 0 Å². The highest BCUT2D eigenvalue weighted by molar-refractivity contribution is 5.90. The predicted molar refractivity (Wildman–Crippen MR) is 64.2 cm³/mol. The quantitative estimate of drug-likeness (QED) is 0.884. The van der Waals surface area contributed by atoms with E-state index in [1.807, 2.05) is 13.8 Å². The summed E-state index contributed by atoms with van der Waals surface area (Å²) in [6.07, 6.45) is -3.79. The lowest BCUT2D eigenvalue weighted by molar-refractivity contribution is -0.138. The van der Waals surface area contributed by atoms with Gasteiger partial charge in [0, 0.05) is 11.7 Å². The van der Waals surface area contributed by atoms with E-state index in [1.54, 1.807) is 0 Å². The fourth-order valence-corrected chi connectivity index (χ4v) is 1.97. The summed E-state index contributed by atoms with van der Waals surface area (Å²) in [4.78, 5) is 10.8. The zero-order valence-corrected chi connectivity index (χ0v) is 10.5. The van der Waals surface area contributed by atoms with Crippen molar-refractivity contribution in [3.8, 4) is 0 Å². The van der Waals surface area contributed by atoms with Crippen LogP contribution in [0.3, 0.4) is 0 Å². The van der Waals surface area contributed by atoms with E-state index < -0.39 is 23.3 Å². The van der Waals surface area contributed by atoms with Crippen LogP contribution < -0.4 is 5.32 Å². The summed E-state index contributed by atoms with van der Waals surface area (Å²) in [6.45, 7) is 4.03. The maximum Gasteiger partial charge on any atom is 0.417 e. The summed E-state index contributed by atoms with van der Waals surface area (Å²) in [6, 6.07) is 3.35. The van der Waals surface area contributed by atoms with Crippen molar-refractivity contribution in [2.75, 3.05) is 5.32 Å². The Morgan fingerprint density at radius 1 is 1.42 bits per heavy atom. The number of carboxylic acids is 1. The molecule has 0 amide bonds. The van der Waals surface area contributed by atoms with Gasteiger partial charge in [0.1, 0.15) is 0 Å². The SMILES string of the molecule is CC1(C)CC1Nc1ccc(C(=O)O)c(C(F)(F)F)c1. The lowest BCUT2D eigenvalue weighted by Gasteiger charge is -2.14. The van der Waals surface area contributed by atoms with E-state index in [0.717, 1.165) is 18.6 Å². The monoisotopic (exact) mass is 273 g/mol. The molecule has 1 unspecified atom stereocenters. The van der Waals surface area contributed by atoms with Crippen molar-refractivity contribution in [2.24, 2.45) is 5.41 Å². The van der Waals surface area contributed by atoms with E-state index in [0.29, 0.717) is 5.69 Å². The largest absolute Gasteiger partial charge is 0.478 e. The van der Waals surface area contributed by atoms with Gasteiger partial charge in [-0.3, -0.25) is 0 Å². The molecule has 1 atom stereocenters. The zero-order chi connectivity index (χ0) is 14.4. The fraction of sp³-hybridized carbons (Fsp3) is 0.462. The second-order valence-corrected chi connectivity index (χ2v) is 5.45. The molecule has 2 rings (SSSR count).